The van der Waals surface area contributed by atoms with Crippen molar-refractivity contribution in [3.05, 3.63) is 45.9 Å². The third kappa shape index (κ3) is 4.00. The Bertz CT molecular complexity index is 808. The van der Waals surface area contributed by atoms with E-state index in [-0.39, 0.29) is 5.56 Å². The molecule has 140 valence electrons. The summed E-state index contributed by atoms with van der Waals surface area (Å²) in [5.74, 6) is 1.99. The number of aromatic nitrogens is 2. The molecule has 2 aromatic rings. The number of nitrogens with one attached hydrogen (secondary N) is 1. The zero-order chi connectivity index (χ0) is 18.7. The summed E-state index contributed by atoms with van der Waals surface area (Å²) in [6.07, 6.45) is 0.762. The van der Waals surface area contributed by atoms with Crippen LogP contribution in [0.15, 0.2) is 29.1 Å². The predicted octanol–water partition coefficient (Wildman–Crippen LogP) is 2.61. The van der Waals surface area contributed by atoms with E-state index in [1.807, 2.05) is 19.1 Å². The average Bonchev–Trinajstić information content (AvgIpc) is 2.64. The molecule has 26 heavy (non-hydrogen) atoms. The molecule has 1 N–H and O–H groups in total. The lowest BCUT2D eigenvalue weighted by Gasteiger charge is -2.36. The van der Waals surface area contributed by atoms with Crippen LogP contribution in [0, 0.1) is 12.8 Å². The van der Waals surface area contributed by atoms with Gasteiger partial charge in [-0.3, -0.25) is 9.78 Å². The minimum absolute atomic E-state index is 0.00331. The van der Waals surface area contributed by atoms with Crippen LogP contribution in [-0.4, -0.2) is 43.3 Å². The second-order valence-corrected chi connectivity index (χ2v) is 7.23. The fourth-order valence-corrected chi connectivity index (χ4v) is 3.38. The zero-order valence-corrected chi connectivity index (χ0v) is 16.1. The number of H-pyrrole nitrogens is 1. The number of hydrogen-bond acceptors (Lipinski definition) is 5. The highest BCUT2D eigenvalue weighted by Gasteiger charge is 2.20. The van der Waals surface area contributed by atoms with Crippen LogP contribution in [0.5, 0.6) is 5.75 Å². The smallest absolute Gasteiger partial charge is 0.255 e. The zero-order valence-electron chi connectivity index (χ0n) is 16.1. The Morgan fingerprint density at radius 2 is 1.88 bits per heavy atom. The van der Waals surface area contributed by atoms with Crippen molar-refractivity contribution in [3.8, 4) is 5.75 Å². The fourth-order valence-electron chi connectivity index (χ4n) is 3.38. The van der Waals surface area contributed by atoms with Gasteiger partial charge in [-0.2, -0.15) is 0 Å². The first-order chi connectivity index (χ1) is 12.5. The average molecular weight is 356 g/mol. The molecule has 0 bridgehead atoms. The third-order valence-corrected chi connectivity index (χ3v) is 4.82. The summed E-state index contributed by atoms with van der Waals surface area (Å²) in [4.78, 5) is 24.6. The number of rotatable bonds is 5. The molecule has 0 radical (unpaired) electrons. The van der Waals surface area contributed by atoms with Gasteiger partial charge in [-0.05, 0) is 31.4 Å². The van der Waals surface area contributed by atoms with Crippen LogP contribution < -0.4 is 20.1 Å². The van der Waals surface area contributed by atoms with Crippen molar-refractivity contribution in [1.29, 1.82) is 0 Å². The first kappa shape index (κ1) is 18.3. The van der Waals surface area contributed by atoms with Crippen LogP contribution in [0.25, 0.3) is 0 Å². The van der Waals surface area contributed by atoms with Gasteiger partial charge in [0, 0.05) is 49.2 Å². The molecule has 3 rings (SSSR count). The lowest BCUT2D eigenvalue weighted by Crippen LogP contribution is -2.47. The second-order valence-electron chi connectivity index (χ2n) is 7.23. The molecule has 1 aromatic heterocycles. The number of anilines is 2. The van der Waals surface area contributed by atoms with Crippen molar-refractivity contribution < 1.29 is 4.74 Å². The van der Waals surface area contributed by atoms with Crippen molar-refractivity contribution in [2.75, 3.05) is 43.1 Å². The predicted molar refractivity (Wildman–Crippen MR) is 106 cm³/mol. The monoisotopic (exact) mass is 356 g/mol. The van der Waals surface area contributed by atoms with E-state index in [9.17, 15) is 4.79 Å². The quantitative estimate of drug-likeness (QED) is 0.892. The second kappa shape index (κ2) is 7.81. The minimum atomic E-state index is -0.00331. The number of aryl methyl sites for hydroxylation is 1. The van der Waals surface area contributed by atoms with Crippen LogP contribution in [0.2, 0.25) is 0 Å². The van der Waals surface area contributed by atoms with Crippen LogP contribution in [0.4, 0.5) is 11.6 Å². The summed E-state index contributed by atoms with van der Waals surface area (Å²) in [5, 5.41) is 0. The summed E-state index contributed by atoms with van der Waals surface area (Å²) in [7, 11) is 1.68. The summed E-state index contributed by atoms with van der Waals surface area (Å²) in [5.41, 5.74) is 2.80. The Morgan fingerprint density at radius 3 is 2.50 bits per heavy atom. The van der Waals surface area contributed by atoms with Crippen molar-refractivity contribution in [2.24, 2.45) is 5.92 Å². The lowest BCUT2D eigenvalue weighted by atomic mass is 10.0. The molecule has 1 fully saturated rings. The molecule has 2 heterocycles. The third-order valence-electron chi connectivity index (χ3n) is 4.82. The maximum absolute atomic E-state index is 12.4. The van der Waals surface area contributed by atoms with E-state index in [4.69, 9.17) is 4.74 Å². The van der Waals surface area contributed by atoms with Crippen LogP contribution in [0.3, 0.4) is 0 Å². The standard InChI is InChI=1S/C20H28N4O2/c1-14(2)12-18-15(3)21-20(22-19(18)25)24-10-8-23(9-11-24)16-6-5-7-17(13-16)26-4/h5-7,13-14H,8-12H2,1-4H3,(H,21,22,25). The molecule has 0 aliphatic carbocycles. The molecule has 0 atom stereocenters. The lowest BCUT2D eigenvalue weighted by molar-refractivity contribution is 0.414. The minimum Gasteiger partial charge on any atom is -0.497 e. The van der Waals surface area contributed by atoms with E-state index in [2.05, 4.69) is 45.7 Å². The van der Waals surface area contributed by atoms with Crippen LogP contribution in [0.1, 0.15) is 25.1 Å². The number of methoxy groups -OCH3 is 1. The number of hydrogen-bond donors (Lipinski definition) is 1. The maximum atomic E-state index is 12.4. The van der Waals surface area contributed by atoms with Crippen molar-refractivity contribution >= 4 is 11.6 Å². The Hall–Kier alpha value is -2.50. The van der Waals surface area contributed by atoms with Gasteiger partial charge in [0.25, 0.3) is 5.56 Å². The van der Waals surface area contributed by atoms with Gasteiger partial charge in [0.05, 0.1) is 7.11 Å². The maximum Gasteiger partial charge on any atom is 0.255 e. The van der Waals surface area contributed by atoms with Crippen molar-refractivity contribution in [2.45, 2.75) is 27.2 Å². The van der Waals surface area contributed by atoms with Gasteiger partial charge in [0.2, 0.25) is 5.95 Å². The summed E-state index contributed by atoms with van der Waals surface area (Å²) >= 11 is 0. The van der Waals surface area contributed by atoms with Gasteiger partial charge in [0.1, 0.15) is 5.75 Å². The van der Waals surface area contributed by atoms with Crippen molar-refractivity contribution in [1.82, 2.24) is 9.97 Å². The van der Waals surface area contributed by atoms with Gasteiger partial charge >= 0.3 is 0 Å². The Morgan fingerprint density at radius 1 is 1.19 bits per heavy atom. The molecule has 0 saturated carbocycles. The van der Waals surface area contributed by atoms with Gasteiger partial charge in [-0.25, -0.2) is 4.98 Å². The van der Waals surface area contributed by atoms with E-state index < -0.39 is 0 Å². The number of nitrogens with zero attached hydrogens (tertiary/aromatic N) is 3. The van der Waals surface area contributed by atoms with Crippen LogP contribution in [-0.2, 0) is 6.42 Å². The molecule has 6 heteroatoms. The Kier molecular flexibility index (Phi) is 5.49. The van der Waals surface area contributed by atoms with E-state index in [0.29, 0.717) is 11.9 Å². The molecule has 1 aromatic carbocycles. The largest absolute Gasteiger partial charge is 0.497 e. The molecule has 6 nitrogen and oxygen atoms in total. The van der Waals surface area contributed by atoms with Gasteiger partial charge in [-0.15, -0.1) is 0 Å². The first-order valence-corrected chi connectivity index (χ1v) is 9.21. The molecular formula is C20H28N4O2. The highest BCUT2D eigenvalue weighted by atomic mass is 16.5. The number of ether oxygens (including phenoxy) is 1. The molecule has 0 unspecified atom stereocenters. The number of piperazine rings is 1. The topological polar surface area (TPSA) is 61.5 Å². The molecule has 1 saturated heterocycles. The van der Waals surface area contributed by atoms with Crippen LogP contribution >= 0.6 is 0 Å². The Labute approximate surface area is 154 Å². The molecule has 0 amide bonds. The van der Waals surface area contributed by atoms with Gasteiger partial charge < -0.3 is 14.5 Å². The van der Waals surface area contributed by atoms with Gasteiger partial charge in [-0.1, -0.05) is 19.9 Å². The number of aromatic amines is 1. The molecule has 1 aliphatic rings. The summed E-state index contributed by atoms with van der Waals surface area (Å²) < 4.78 is 5.31. The van der Waals surface area contributed by atoms with E-state index in [1.54, 1.807) is 7.11 Å². The van der Waals surface area contributed by atoms with Crippen molar-refractivity contribution in [3.63, 3.8) is 0 Å². The van der Waals surface area contributed by atoms with E-state index in [0.717, 1.165) is 55.3 Å². The first-order valence-electron chi connectivity index (χ1n) is 9.21. The summed E-state index contributed by atoms with van der Waals surface area (Å²) in [6, 6.07) is 8.12. The van der Waals surface area contributed by atoms with E-state index in [1.165, 1.54) is 0 Å². The molecule has 1 aliphatic heterocycles. The molecular weight excluding hydrogens is 328 g/mol. The SMILES string of the molecule is COc1cccc(N2CCN(c3nc(C)c(CC(C)C)c(=O)[nH]3)CC2)c1. The Balaban J connectivity index is 1.71. The summed E-state index contributed by atoms with van der Waals surface area (Å²) in [6.45, 7) is 9.57. The highest BCUT2D eigenvalue weighted by Crippen LogP contribution is 2.23. The number of benzene rings is 1. The normalized spacial score (nSPS) is 14.8. The highest BCUT2D eigenvalue weighted by molar-refractivity contribution is 5.52. The van der Waals surface area contributed by atoms with Gasteiger partial charge in [0.15, 0.2) is 0 Å². The molecule has 0 spiro atoms. The fraction of sp³-hybridized carbons (Fsp3) is 0.500. The van der Waals surface area contributed by atoms with E-state index >= 15 is 0 Å².